The lowest BCUT2D eigenvalue weighted by molar-refractivity contribution is 0.319. The molecule has 2 fully saturated rings. The van der Waals surface area contributed by atoms with Crippen molar-refractivity contribution in [3.05, 3.63) is 35.9 Å². The van der Waals surface area contributed by atoms with Crippen molar-refractivity contribution in [3.8, 4) is 0 Å². The molecule has 1 aromatic rings. The fourth-order valence-electron chi connectivity index (χ4n) is 3.63. The van der Waals surface area contributed by atoms with E-state index in [-0.39, 0.29) is 0 Å². The number of hydrogen-bond donors (Lipinski definition) is 1. The van der Waals surface area contributed by atoms with Crippen LogP contribution in [0.2, 0.25) is 0 Å². The maximum absolute atomic E-state index is 3.54. The zero-order valence-corrected chi connectivity index (χ0v) is 9.91. The molecule has 0 amide bonds. The normalized spacial score (nSPS) is 33.6. The van der Waals surface area contributed by atoms with E-state index in [9.17, 15) is 0 Å². The first-order chi connectivity index (χ1) is 7.86. The summed E-state index contributed by atoms with van der Waals surface area (Å²) < 4.78 is 0. The van der Waals surface area contributed by atoms with E-state index < -0.39 is 0 Å². The molecule has 2 aliphatic rings. The minimum Gasteiger partial charge on any atom is -0.316 e. The highest BCUT2D eigenvalue weighted by atomic mass is 14.9. The predicted octanol–water partition coefficient (Wildman–Crippen LogP) is 3.01. The van der Waals surface area contributed by atoms with Gasteiger partial charge in [-0.1, -0.05) is 30.3 Å². The Morgan fingerprint density at radius 2 is 2.06 bits per heavy atom. The Bertz CT molecular complexity index is 338. The van der Waals surface area contributed by atoms with Crippen LogP contribution < -0.4 is 5.32 Å². The van der Waals surface area contributed by atoms with Crippen LogP contribution in [0.15, 0.2) is 30.3 Å². The molecule has 2 unspecified atom stereocenters. The van der Waals surface area contributed by atoms with E-state index >= 15 is 0 Å². The molecule has 16 heavy (non-hydrogen) atoms. The molecule has 1 heteroatoms. The van der Waals surface area contributed by atoms with E-state index in [1.54, 1.807) is 0 Å². The van der Waals surface area contributed by atoms with Crippen LogP contribution in [0.25, 0.3) is 0 Å². The van der Waals surface area contributed by atoms with Gasteiger partial charge in [0.1, 0.15) is 0 Å². The van der Waals surface area contributed by atoms with Gasteiger partial charge < -0.3 is 5.32 Å². The van der Waals surface area contributed by atoms with Crippen LogP contribution in [-0.4, -0.2) is 13.1 Å². The van der Waals surface area contributed by atoms with Crippen molar-refractivity contribution in [2.24, 2.45) is 11.3 Å². The Labute approximate surface area is 98.3 Å². The van der Waals surface area contributed by atoms with E-state index in [0.29, 0.717) is 5.41 Å². The second-order valence-electron chi connectivity index (χ2n) is 5.73. The topological polar surface area (TPSA) is 12.0 Å². The van der Waals surface area contributed by atoms with Crippen LogP contribution in [0.4, 0.5) is 0 Å². The largest absolute Gasteiger partial charge is 0.316 e. The number of nitrogens with one attached hydrogen (secondary N) is 1. The third-order valence-corrected chi connectivity index (χ3v) is 4.50. The van der Waals surface area contributed by atoms with Gasteiger partial charge in [0.25, 0.3) is 0 Å². The Hall–Kier alpha value is -0.820. The Kier molecular flexibility index (Phi) is 2.72. The summed E-state index contributed by atoms with van der Waals surface area (Å²) in [4.78, 5) is 0. The lowest BCUT2D eigenvalue weighted by atomic mass is 9.84. The summed E-state index contributed by atoms with van der Waals surface area (Å²) in [5, 5.41) is 3.54. The monoisotopic (exact) mass is 215 g/mol. The molecule has 0 radical (unpaired) electrons. The van der Waals surface area contributed by atoms with E-state index in [1.165, 1.54) is 50.8 Å². The Balaban J connectivity index is 1.62. The summed E-state index contributed by atoms with van der Waals surface area (Å²) >= 11 is 0. The van der Waals surface area contributed by atoms with E-state index in [2.05, 4.69) is 35.6 Å². The average Bonchev–Trinajstić information content (AvgIpc) is 2.92. The Morgan fingerprint density at radius 3 is 2.81 bits per heavy atom. The van der Waals surface area contributed by atoms with Gasteiger partial charge in [-0.05, 0) is 55.5 Å². The van der Waals surface area contributed by atoms with E-state index in [0.717, 1.165) is 5.92 Å². The average molecular weight is 215 g/mol. The summed E-state index contributed by atoms with van der Waals surface area (Å²) in [7, 11) is 0. The van der Waals surface area contributed by atoms with Crippen LogP contribution in [0.5, 0.6) is 0 Å². The summed E-state index contributed by atoms with van der Waals surface area (Å²) in [6.07, 6.45) is 7.06. The SMILES string of the molecule is c1ccc(CC2CCC3(CCNC3)C2)cc1. The minimum absolute atomic E-state index is 0.680. The number of benzene rings is 1. The maximum atomic E-state index is 3.54. The number of rotatable bonds is 2. The van der Waals surface area contributed by atoms with Crippen LogP contribution in [0.1, 0.15) is 31.2 Å². The second kappa shape index (κ2) is 4.21. The standard InChI is InChI=1S/C15H21N/c1-2-4-13(5-3-1)10-14-6-7-15(11-14)8-9-16-12-15/h1-5,14,16H,6-12H2. The molecule has 1 saturated carbocycles. The molecule has 86 valence electrons. The highest BCUT2D eigenvalue weighted by molar-refractivity contribution is 5.16. The molecule has 1 spiro atoms. The molecular formula is C15H21N. The summed E-state index contributed by atoms with van der Waals surface area (Å²) in [6.45, 7) is 2.52. The van der Waals surface area contributed by atoms with Gasteiger partial charge in [0.2, 0.25) is 0 Å². The third-order valence-electron chi connectivity index (χ3n) is 4.50. The van der Waals surface area contributed by atoms with Crippen molar-refractivity contribution < 1.29 is 0 Å². The van der Waals surface area contributed by atoms with Crippen molar-refractivity contribution in [1.82, 2.24) is 5.32 Å². The zero-order valence-electron chi connectivity index (χ0n) is 9.91. The van der Waals surface area contributed by atoms with Gasteiger partial charge in [-0.2, -0.15) is 0 Å². The van der Waals surface area contributed by atoms with Crippen LogP contribution in [0, 0.1) is 11.3 Å². The fraction of sp³-hybridized carbons (Fsp3) is 0.600. The number of hydrogen-bond acceptors (Lipinski definition) is 1. The smallest absolute Gasteiger partial charge is 0.000839 e. The molecular weight excluding hydrogens is 194 g/mol. The van der Waals surface area contributed by atoms with Gasteiger partial charge in [-0.3, -0.25) is 0 Å². The maximum Gasteiger partial charge on any atom is 0.000839 e. The second-order valence-corrected chi connectivity index (χ2v) is 5.73. The van der Waals surface area contributed by atoms with Crippen molar-refractivity contribution >= 4 is 0 Å². The molecule has 3 rings (SSSR count). The Morgan fingerprint density at radius 1 is 1.19 bits per heavy atom. The zero-order chi connectivity index (χ0) is 10.8. The summed E-state index contributed by atoms with van der Waals surface area (Å²) in [5.74, 6) is 0.933. The summed E-state index contributed by atoms with van der Waals surface area (Å²) in [6, 6.07) is 11.0. The van der Waals surface area contributed by atoms with Crippen LogP contribution >= 0.6 is 0 Å². The molecule has 1 heterocycles. The van der Waals surface area contributed by atoms with Gasteiger partial charge >= 0.3 is 0 Å². The van der Waals surface area contributed by atoms with Crippen LogP contribution in [0.3, 0.4) is 0 Å². The quantitative estimate of drug-likeness (QED) is 0.799. The first kappa shape index (κ1) is 10.3. The van der Waals surface area contributed by atoms with Crippen LogP contribution in [-0.2, 0) is 6.42 Å². The highest BCUT2D eigenvalue weighted by Crippen LogP contribution is 2.46. The molecule has 1 N–H and O–H groups in total. The molecule has 0 bridgehead atoms. The molecule has 0 aromatic heterocycles. The van der Waals surface area contributed by atoms with Crippen molar-refractivity contribution in [2.45, 2.75) is 32.1 Å². The van der Waals surface area contributed by atoms with Gasteiger partial charge in [0.15, 0.2) is 0 Å². The van der Waals surface area contributed by atoms with E-state index in [1.807, 2.05) is 0 Å². The molecule has 2 atom stereocenters. The molecule has 1 aliphatic carbocycles. The van der Waals surface area contributed by atoms with Gasteiger partial charge in [0, 0.05) is 6.54 Å². The lowest BCUT2D eigenvalue weighted by Crippen LogP contribution is -2.20. The first-order valence-corrected chi connectivity index (χ1v) is 6.61. The minimum atomic E-state index is 0.680. The van der Waals surface area contributed by atoms with Gasteiger partial charge in [-0.25, -0.2) is 0 Å². The molecule has 1 aromatic carbocycles. The highest BCUT2D eigenvalue weighted by Gasteiger charge is 2.40. The van der Waals surface area contributed by atoms with E-state index in [4.69, 9.17) is 0 Å². The van der Waals surface area contributed by atoms with Gasteiger partial charge in [0.05, 0.1) is 0 Å². The fourth-order valence-corrected chi connectivity index (χ4v) is 3.63. The van der Waals surface area contributed by atoms with Crippen molar-refractivity contribution in [1.29, 1.82) is 0 Å². The summed E-state index contributed by atoms with van der Waals surface area (Å²) in [5.41, 5.74) is 2.20. The third kappa shape index (κ3) is 2.01. The van der Waals surface area contributed by atoms with Crippen molar-refractivity contribution in [2.75, 3.05) is 13.1 Å². The predicted molar refractivity (Wildman–Crippen MR) is 67.4 cm³/mol. The van der Waals surface area contributed by atoms with Crippen molar-refractivity contribution in [3.63, 3.8) is 0 Å². The first-order valence-electron chi connectivity index (χ1n) is 6.61. The molecule has 1 aliphatic heterocycles. The molecule has 1 saturated heterocycles. The van der Waals surface area contributed by atoms with Gasteiger partial charge in [-0.15, -0.1) is 0 Å². The lowest BCUT2D eigenvalue weighted by Gasteiger charge is -2.21. The molecule has 1 nitrogen and oxygen atoms in total.